The van der Waals surface area contributed by atoms with E-state index in [2.05, 4.69) is 5.32 Å². The fourth-order valence-corrected chi connectivity index (χ4v) is 3.57. The normalized spacial score (nSPS) is 28.6. The SMILES string of the molecule is CN(C)c1ccc(NC(=O)[C@H]2[C@@H](C(=O)[O-])[C@H]3C=C[C@@H]2C3)cc1. The zero-order chi connectivity index (χ0) is 15.9. The molecule has 1 aromatic carbocycles. The van der Waals surface area contributed by atoms with Crippen LogP contribution in [-0.2, 0) is 9.59 Å². The van der Waals surface area contributed by atoms with Gasteiger partial charge in [-0.05, 0) is 42.5 Å². The number of carbonyl (C=O) groups excluding carboxylic acids is 2. The Kier molecular flexibility index (Phi) is 3.64. The van der Waals surface area contributed by atoms with Gasteiger partial charge in [0.25, 0.3) is 0 Å². The Bertz CT molecular complexity index is 621. The quantitative estimate of drug-likeness (QED) is 0.838. The first kappa shape index (κ1) is 14.6. The number of carboxylic acids is 1. The molecule has 4 atom stereocenters. The van der Waals surface area contributed by atoms with E-state index >= 15 is 0 Å². The molecular formula is C17H19N2O3-. The maximum Gasteiger partial charge on any atom is 0.228 e. The average molecular weight is 299 g/mol. The minimum absolute atomic E-state index is 0.00829. The molecule has 5 nitrogen and oxygen atoms in total. The van der Waals surface area contributed by atoms with Gasteiger partial charge in [0.1, 0.15) is 0 Å². The second-order valence-corrected chi connectivity index (χ2v) is 6.25. The first-order valence-corrected chi connectivity index (χ1v) is 7.45. The molecule has 2 aliphatic carbocycles. The van der Waals surface area contributed by atoms with Gasteiger partial charge >= 0.3 is 0 Å². The number of amides is 1. The van der Waals surface area contributed by atoms with E-state index in [0.29, 0.717) is 5.69 Å². The average Bonchev–Trinajstić information content (AvgIpc) is 3.08. The van der Waals surface area contributed by atoms with Gasteiger partial charge in [-0.25, -0.2) is 0 Å². The van der Waals surface area contributed by atoms with E-state index in [0.717, 1.165) is 12.1 Å². The van der Waals surface area contributed by atoms with Gasteiger partial charge in [-0.15, -0.1) is 0 Å². The molecule has 0 heterocycles. The van der Waals surface area contributed by atoms with Crippen molar-refractivity contribution >= 4 is 23.3 Å². The molecule has 116 valence electrons. The second-order valence-electron chi connectivity index (χ2n) is 6.25. The van der Waals surface area contributed by atoms with Crippen molar-refractivity contribution in [3.05, 3.63) is 36.4 Å². The smallest absolute Gasteiger partial charge is 0.228 e. The highest BCUT2D eigenvalue weighted by molar-refractivity contribution is 5.96. The Balaban J connectivity index is 1.74. The van der Waals surface area contributed by atoms with Crippen molar-refractivity contribution in [1.82, 2.24) is 0 Å². The van der Waals surface area contributed by atoms with Crippen molar-refractivity contribution in [2.75, 3.05) is 24.3 Å². The predicted molar refractivity (Wildman–Crippen MR) is 82.1 cm³/mol. The van der Waals surface area contributed by atoms with Crippen LogP contribution >= 0.6 is 0 Å². The summed E-state index contributed by atoms with van der Waals surface area (Å²) in [5, 5.41) is 14.2. The summed E-state index contributed by atoms with van der Waals surface area (Å²) in [4.78, 5) is 25.8. The van der Waals surface area contributed by atoms with Crippen molar-refractivity contribution in [2.24, 2.45) is 23.7 Å². The van der Waals surface area contributed by atoms with E-state index < -0.39 is 17.8 Å². The highest BCUT2D eigenvalue weighted by Gasteiger charge is 2.48. The van der Waals surface area contributed by atoms with E-state index in [1.54, 1.807) is 0 Å². The van der Waals surface area contributed by atoms with E-state index in [1.165, 1.54) is 0 Å². The molecule has 0 aliphatic heterocycles. The third-order valence-corrected chi connectivity index (χ3v) is 4.69. The number of carboxylic acid groups (broad SMARTS) is 1. The summed E-state index contributed by atoms with van der Waals surface area (Å²) in [6, 6.07) is 7.47. The van der Waals surface area contributed by atoms with Crippen LogP contribution in [-0.4, -0.2) is 26.0 Å². The summed E-state index contributed by atoms with van der Waals surface area (Å²) in [7, 11) is 3.89. The molecule has 0 unspecified atom stereocenters. The van der Waals surface area contributed by atoms with Crippen LogP contribution in [0.3, 0.4) is 0 Å². The van der Waals surface area contributed by atoms with Gasteiger partial charge in [0.2, 0.25) is 5.91 Å². The summed E-state index contributed by atoms with van der Waals surface area (Å²) in [5.74, 6) is -2.66. The van der Waals surface area contributed by atoms with E-state index in [1.807, 2.05) is 55.4 Å². The number of nitrogens with one attached hydrogen (secondary N) is 1. The summed E-state index contributed by atoms with van der Waals surface area (Å²) >= 11 is 0. The molecule has 5 heteroatoms. The highest BCUT2D eigenvalue weighted by atomic mass is 16.4. The van der Waals surface area contributed by atoms with Crippen molar-refractivity contribution in [1.29, 1.82) is 0 Å². The fourth-order valence-electron chi connectivity index (χ4n) is 3.57. The Morgan fingerprint density at radius 2 is 1.68 bits per heavy atom. The topological polar surface area (TPSA) is 72.5 Å². The number of carbonyl (C=O) groups is 2. The number of benzene rings is 1. The zero-order valence-corrected chi connectivity index (χ0v) is 12.7. The van der Waals surface area contributed by atoms with Crippen LogP contribution in [0.1, 0.15) is 6.42 Å². The number of allylic oxidation sites excluding steroid dienone is 2. The Morgan fingerprint density at radius 3 is 2.23 bits per heavy atom. The van der Waals surface area contributed by atoms with Crippen LogP contribution in [0.5, 0.6) is 0 Å². The summed E-state index contributed by atoms with van der Waals surface area (Å²) < 4.78 is 0. The number of hydrogen-bond donors (Lipinski definition) is 1. The van der Waals surface area contributed by atoms with E-state index in [4.69, 9.17) is 0 Å². The first-order valence-electron chi connectivity index (χ1n) is 7.45. The van der Waals surface area contributed by atoms with Crippen LogP contribution in [0.15, 0.2) is 36.4 Å². The van der Waals surface area contributed by atoms with E-state index in [-0.39, 0.29) is 17.7 Å². The maximum atomic E-state index is 12.5. The van der Waals surface area contributed by atoms with Crippen LogP contribution in [0.4, 0.5) is 11.4 Å². The van der Waals surface area contributed by atoms with Gasteiger partial charge in [0.15, 0.2) is 0 Å². The summed E-state index contributed by atoms with van der Waals surface area (Å²) in [6.07, 6.45) is 4.60. The van der Waals surface area contributed by atoms with Gasteiger partial charge in [0.05, 0.1) is 5.92 Å². The van der Waals surface area contributed by atoms with Crippen molar-refractivity contribution in [3.63, 3.8) is 0 Å². The molecule has 0 spiro atoms. The van der Waals surface area contributed by atoms with Gasteiger partial charge in [-0.3, -0.25) is 4.79 Å². The van der Waals surface area contributed by atoms with Crippen LogP contribution < -0.4 is 15.3 Å². The summed E-state index contributed by atoms with van der Waals surface area (Å²) in [6.45, 7) is 0. The summed E-state index contributed by atoms with van der Waals surface area (Å²) in [5.41, 5.74) is 1.72. The Hall–Kier alpha value is -2.30. The molecule has 0 radical (unpaired) electrons. The number of fused-ring (bicyclic) bond motifs is 2. The monoisotopic (exact) mass is 299 g/mol. The van der Waals surface area contributed by atoms with Crippen LogP contribution in [0.2, 0.25) is 0 Å². The Labute approximate surface area is 129 Å². The molecular weight excluding hydrogens is 280 g/mol. The molecule has 1 fully saturated rings. The molecule has 1 aromatic rings. The molecule has 1 amide bonds. The van der Waals surface area contributed by atoms with Gasteiger partial charge < -0.3 is 20.1 Å². The number of rotatable bonds is 4. The largest absolute Gasteiger partial charge is 0.550 e. The molecule has 0 saturated heterocycles. The molecule has 1 N–H and O–H groups in total. The van der Waals surface area contributed by atoms with Gasteiger partial charge in [0, 0.05) is 37.4 Å². The maximum absolute atomic E-state index is 12.5. The lowest BCUT2D eigenvalue weighted by Crippen LogP contribution is -2.42. The third kappa shape index (κ3) is 2.47. The number of aliphatic carboxylic acids is 1. The minimum Gasteiger partial charge on any atom is -0.550 e. The van der Waals surface area contributed by atoms with Gasteiger partial charge in [-0.2, -0.15) is 0 Å². The third-order valence-electron chi connectivity index (χ3n) is 4.69. The molecule has 22 heavy (non-hydrogen) atoms. The highest BCUT2D eigenvalue weighted by Crippen LogP contribution is 2.48. The lowest BCUT2D eigenvalue weighted by molar-refractivity contribution is -0.313. The Morgan fingerprint density at radius 1 is 1.09 bits per heavy atom. The van der Waals surface area contributed by atoms with E-state index in [9.17, 15) is 14.7 Å². The second kappa shape index (κ2) is 5.48. The molecule has 0 aromatic heterocycles. The number of anilines is 2. The standard InChI is InChI=1S/C17H20N2O3/c1-19(2)13-7-5-12(6-8-13)18-16(20)14-10-3-4-11(9-10)15(14)17(21)22/h3-8,10-11,14-15H,9H2,1-2H3,(H,18,20)(H,21,22)/p-1/t10-,11+,14-,15+/m1/s1. The zero-order valence-electron chi connectivity index (χ0n) is 12.7. The van der Waals surface area contributed by atoms with Gasteiger partial charge in [-0.1, -0.05) is 12.2 Å². The first-order chi connectivity index (χ1) is 10.5. The fraction of sp³-hybridized carbons (Fsp3) is 0.412. The number of hydrogen-bond acceptors (Lipinski definition) is 4. The predicted octanol–water partition coefficient (Wildman–Crippen LogP) is 0.879. The number of nitrogens with zero attached hydrogens (tertiary/aromatic N) is 1. The van der Waals surface area contributed by atoms with Crippen molar-refractivity contribution < 1.29 is 14.7 Å². The molecule has 3 rings (SSSR count). The van der Waals surface area contributed by atoms with Crippen LogP contribution in [0.25, 0.3) is 0 Å². The van der Waals surface area contributed by atoms with Crippen molar-refractivity contribution in [2.45, 2.75) is 6.42 Å². The van der Waals surface area contributed by atoms with Crippen LogP contribution in [0, 0.1) is 23.7 Å². The molecule has 1 saturated carbocycles. The lowest BCUT2D eigenvalue weighted by Gasteiger charge is -2.27. The lowest BCUT2D eigenvalue weighted by atomic mass is 9.82. The molecule has 2 bridgehead atoms. The molecule has 2 aliphatic rings. The minimum atomic E-state index is -1.13. The van der Waals surface area contributed by atoms with Crippen molar-refractivity contribution in [3.8, 4) is 0 Å².